The summed E-state index contributed by atoms with van der Waals surface area (Å²) in [6, 6.07) is -0.565. The van der Waals surface area contributed by atoms with E-state index in [2.05, 4.69) is 15.1 Å². The quantitative estimate of drug-likeness (QED) is 0.505. The highest BCUT2D eigenvalue weighted by Gasteiger charge is 2.59. The van der Waals surface area contributed by atoms with Gasteiger partial charge in [-0.25, -0.2) is 4.39 Å². The Morgan fingerprint density at radius 1 is 0.975 bits per heavy atom. The summed E-state index contributed by atoms with van der Waals surface area (Å²) >= 11 is 0. The van der Waals surface area contributed by atoms with Gasteiger partial charge in [-0.3, -0.25) is 14.5 Å². The highest BCUT2D eigenvalue weighted by Crippen LogP contribution is 2.50. The molecular formula is C30H45FN4O5. The molecule has 3 saturated carbocycles. The summed E-state index contributed by atoms with van der Waals surface area (Å²) in [4.78, 5) is 33.9. The van der Waals surface area contributed by atoms with Crippen LogP contribution in [0.3, 0.4) is 0 Å². The van der Waals surface area contributed by atoms with Crippen LogP contribution in [0.2, 0.25) is 0 Å². The average Bonchev–Trinajstić information content (AvgIpc) is 2.99. The number of nitrogens with zero attached hydrogens (tertiary/aromatic N) is 3. The van der Waals surface area contributed by atoms with Gasteiger partial charge in [0.1, 0.15) is 6.17 Å². The first kappa shape index (κ1) is 27.3. The number of hydrogen-bond donors (Lipinski definition) is 1. The second-order valence-electron chi connectivity index (χ2n) is 13.0. The lowest BCUT2D eigenvalue weighted by atomic mass is 9.65. The van der Waals surface area contributed by atoms with Crippen molar-refractivity contribution in [2.75, 3.05) is 65.7 Å². The van der Waals surface area contributed by atoms with Crippen molar-refractivity contribution in [2.24, 2.45) is 17.8 Å². The van der Waals surface area contributed by atoms with Crippen LogP contribution in [0.4, 0.5) is 4.39 Å². The van der Waals surface area contributed by atoms with Crippen molar-refractivity contribution >= 4 is 11.7 Å². The maximum Gasteiger partial charge on any atom is 0.259 e. The SMILES string of the molecule is O=C1C(C(=O)N2CCOCC2)=CN2C3CC4CCCCC4CC3OC3C(NCCN4CCOCC4)C(F)CC1C32. The number of nitrogens with one attached hydrogen (secondary N) is 1. The van der Waals surface area contributed by atoms with E-state index in [4.69, 9.17) is 14.2 Å². The number of hydrogen-bond acceptors (Lipinski definition) is 8. The highest BCUT2D eigenvalue weighted by molar-refractivity contribution is 6.20. The minimum Gasteiger partial charge on any atom is -0.379 e. The van der Waals surface area contributed by atoms with Crippen molar-refractivity contribution in [2.45, 2.75) is 81.5 Å². The van der Waals surface area contributed by atoms with Gasteiger partial charge in [-0.2, -0.15) is 0 Å². The van der Waals surface area contributed by atoms with E-state index in [-0.39, 0.29) is 41.9 Å². The molecule has 0 aromatic carbocycles. The number of carbonyl (C=O) groups is 2. The van der Waals surface area contributed by atoms with E-state index in [0.29, 0.717) is 44.7 Å². The van der Waals surface area contributed by atoms with E-state index >= 15 is 4.39 Å². The smallest absolute Gasteiger partial charge is 0.259 e. The molecule has 9 unspecified atom stereocenters. The predicted octanol–water partition coefficient (Wildman–Crippen LogP) is 1.37. The zero-order chi connectivity index (χ0) is 27.2. The summed E-state index contributed by atoms with van der Waals surface area (Å²) in [5, 5.41) is 3.53. The molecule has 4 heterocycles. The molecule has 1 amide bonds. The Labute approximate surface area is 236 Å². The van der Waals surface area contributed by atoms with Gasteiger partial charge in [0.15, 0.2) is 5.78 Å². The number of ether oxygens (including phenoxy) is 3. The summed E-state index contributed by atoms with van der Waals surface area (Å²) in [6.07, 6.45) is 7.46. The Morgan fingerprint density at radius 2 is 1.68 bits per heavy atom. The number of morpholine rings is 3. The molecule has 4 aliphatic heterocycles. The maximum absolute atomic E-state index is 16.0. The third-order valence-electron chi connectivity index (χ3n) is 10.9. The summed E-state index contributed by atoms with van der Waals surface area (Å²) < 4.78 is 33.9. The van der Waals surface area contributed by atoms with Gasteiger partial charge in [-0.15, -0.1) is 0 Å². The molecule has 9 nitrogen and oxygen atoms in total. The van der Waals surface area contributed by atoms with E-state index in [1.807, 2.05) is 6.20 Å². The van der Waals surface area contributed by atoms with Crippen molar-refractivity contribution in [3.05, 3.63) is 11.8 Å². The van der Waals surface area contributed by atoms with Crippen LogP contribution in [0.1, 0.15) is 44.9 Å². The molecule has 10 heteroatoms. The largest absolute Gasteiger partial charge is 0.379 e. The number of ketones is 1. The molecule has 1 N–H and O–H groups in total. The molecule has 3 aliphatic carbocycles. The van der Waals surface area contributed by atoms with Crippen LogP contribution in [-0.4, -0.2) is 129 Å². The van der Waals surface area contributed by atoms with Crippen molar-refractivity contribution in [3.63, 3.8) is 0 Å². The van der Waals surface area contributed by atoms with Crippen molar-refractivity contribution in [1.82, 2.24) is 20.0 Å². The van der Waals surface area contributed by atoms with Crippen LogP contribution in [0.15, 0.2) is 11.8 Å². The lowest BCUT2D eigenvalue weighted by Crippen LogP contribution is -2.73. The van der Waals surface area contributed by atoms with E-state index in [1.165, 1.54) is 25.7 Å². The summed E-state index contributed by atoms with van der Waals surface area (Å²) in [5.41, 5.74) is 0.235. The Morgan fingerprint density at radius 3 is 2.42 bits per heavy atom. The van der Waals surface area contributed by atoms with Crippen LogP contribution in [0.5, 0.6) is 0 Å². The molecule has 7 aliphatic rings. The first-order chi connectivity index (χ1) is 19.6. The van der Waals surface area contributed by atoms with Gasteiger partial charge in [0.2, 0.25) is 0 Å². The second kappa shape index (κ2) is 11.6. The summed E-state index contributed by atoms with van der Waals surface area (Å²) in [5.74, 6) is 0.333. The Balaban J connectivity index is 1.17. The van der Waals surface area contributed by atoms with Crippen molar-refractivity contribution < 1.29 is 28.2 Å². The third kappa shape index (κ3) is 5.02. The summed E-state index contributed by atoms with van der Waals surface area (Å²) in [6.45, 7) is 6.73. The minimum atomic E-state index is -1.21. The monoisotopic (exact) mass is 560 g/mol. The normalized spacial score (nSPS) is 42.0. The standard InChI is InChI=1S/C30H45FN4O5/c31-23-17-21-27-29(26(23)32-5-6-33-7-11-38-12-8-33)40-25-16-20-4-2-1-3-19(20)15-24(25)35(27)18-22(28(21)36)30(37)34-9-13-39-14-10-34/h18-21,23-27,29,32H,1-17H2. The van der Waals surface area contributed by atoms with Crippen LogP contribution in [0.25, 0.3) is 0 Å². The van der Waals surface area contributed by atoms with Gasteiger partial charge in [0, 0.05) is 51.4 Å². The zero-order valence-corrected chi connectivity index (χ0v) is 23.6. The van der Waals surface area contributed by atoms with Crippen molar-refractivity contribution in [3.8, 4) is 0 Å². The molecule has 0 aromatic rings. The van der Waals surface area contributed by atoms with Gasteiger partial charge in [-0.1, -0.05) is 25.7 Å². The average molecular weight is 561 g/mol. The number of rotatable bonds is 5. The Kier molecular flexibility index (Phi) is 7.90. The van der Waals surface area contributed by atoms with E-state index in [1.54, 1.807) is 4.90 Å². The molecule has 0 spiro atoms. The Hall–Kier alpha value is -1.59. The lowest BCUT2D eigenvalue weighted by molar-refractivity contribution is -0.208. The fraction of sp³-hybridized carbons (Fsp3) is 0.867. The fourth-order valence-corrected chi connectivity index (χ4v) is 8.84. The van der Waals surface area contributed by atoms with Gasteiger partial charge < -0.3 is 29.3 Å². The maximum atomic E-state index is 16.0. The number of alkyl halides is 1. The molecule has 0 aromatic heterocycles. The molecule has 222 valence electrons. The summed E-state index contributed by atoms with van der Waals surface area (Å²) in [7, 11) is 0. The number of amides is 1. The molecule has 0 bridgehead atoms. The molecular weight excluding hydrogens is 515 g/mol. The zero-order valence-electron chi connectivity index (χ0n) is 23.6. The molecule has 9 atom stereocenters. The van der Waals surface area contributed by atoms with Crippen molar-refractivity contribution in [1.29, 1.82) is 0 Å². The van der Waals surface area contributed by atoms with Crippen LogP contribution in [-0.2, 0) is 23.8 Å². The number of fused-ring (bicyclic) bond motifs is 3. The number of Topliss-reactive ketones (excluding diaryl/α,β-unsaturated/α-hetero) is 1. The van der Waals surface area contributed by atoms with Crippen LogP contribution >= 0.6 is 0 Å². The third-order valence-corrected chi connectivity index (χ3v) is 10.9. The number of halogens is 1. The number of carbonyl (C=O) groups excluding carboxylic acids is 2. The molecule has 6 fully saturated rings. The first-order valence-electron chi connectivity index (χ1n) is 15.8. The first-order valence-corrected chi connectivity index (χ1v) is 15.8. The lowest BCUT2D eigenvalue weighted by Gasteiger charge is -2.61. The molecule has 3 saturated heterocycles. The van der Waals surface area contributed by atoms with Crippen LogP contribution in [0, 0.1) is 17.8 Å². The van der Waals surface area contributed by atoms with Crippen LogP contribution < -0.4 is 5.32 Å². The van der Waals surface area contributed by atoms with E-state index in [9.17, 15) is 9.59 Å². The molecule has 40 heavy (non-hydrogen) atoms. The fourth-order valence-electron chi connectivity index (χ4n) is 8.84. The predicted molar refractivity (Wildman–Crippen MR) is 145 cm³/mol. The topological polar surface area (TPSA) is 83.6 Å². The van der Waals surface area contributed by atoms with Gasteiger partial charge in [-0.05, 0) is 31.1 Å². The second-order valence-corrected chi connectivity index (χ2v) is 13.0. The van der Waals surface area contributed by atoms with E-state index < -0.39 is 24.2 Å². The molecule has 7 rings (SSSR count). The Bertz CT molecular complexity index is 985. The van der Waals surface area contributed by atoms with Gasteiger partial charge >= 0.3 is 0 Å². The van der Waals surface area contributed by atoms with Gasteiger partial charge in [0.25, 0.3) is 5.91 Å². The minimum absolute atomic E-state index is 0.000663. The molecule has 0 radical (unpaired) electrons. The van der Waals surface area contributed by atoms with Gasteiger partial charge in [0.05, 0.1) is 62.3 Å². The van der Waals surface area contributed by atoms with E-state index in [0.717, 1.165) is 45.7 Å². The highest BCUT2D eigenvalue weighted by atomic mass is 19.1.